The van der Waals surface area contributed by atoms with Crippen molar-refractivity contribution in [1.29, 1.82) is 0 Å². The number of rotatable bonds is 0. The molecule has 0 aromatic heterocycles. The van der Waals surface area contributed by atoms with Crippen molar-refractivity contribution in [3.05, 3.63) is 0 Å². The molecule has 0 rings (SSSR count). The fraction of sp³-hybridized carbons (Fsp3) is 1.00. The zero-order valence-electron chi connectivity index (χ0n) is 2.98. The van der Waals surface area contributed by atoms with Gasteiger partial charge in [0.15, 0.2) is 0 Å². The minimum Gasteiger partial charge on any atom is -0.400 e. The Bertz CT molecular complexity index is 7.61. The first-order valence-electron chi connectivity index (χ1n) is 1.03. The van der Waals surface area contributed by atoms with Gasteiger partial charge in [-0.15, -0.1) is 0 Å². The van der Waals surface area contributed by atoms with Crippen LogP contribution in [0.15, 0.2) is 0 Å². The maximum Gasteiger partial charge on any atom is 0.117 e. The minimum absolute atomic E-state index is 0.278. The zero-order chi connectivity index (χ0) is 4.71. The summed E-state index contributed by atoms with van der Waals surface area (Å²) < 4.78 is 0. The Balaban J connectivity index is 0. The third-order valence-electron chi connectivity index (χ3n) is 0. The second-order valence-electron chi connectivity index (χ2n) is 0.120. The molecule has 0 aliphatic carbocycles. The van der Waals surface area contributed by atoms with Gasteiger partial charge in [0.1, 0.15) is 6.07 Å². The first kappa shape index (κ1) is 8.96. The number of aliphatic hydroxyl groups excluding tert-OH is 2. The average molecular weight is 98.5 g/mol. The number of aliphatic hydroxyl groups is 2. The standard InChI is InChI=1S/CH3ClO.CH4O/c2-1-3;1-2/h3H,1H2;2H,1H3. The number of halogens is 1. The Morgan fingerprint density at radius 3 is 1.60 bits per heavy atom. The first-order valence-corrected chi connectivity index (χ1v) is 1.57. The molecule has 0 bridgehead atoms. The second-order valence-corrected chi connectivity index (χ2v) is 0.359. The molecule has 34 valence electrons. The quantitative estimate of drug-likeness (QED) is 0.412. The summed E-state index contributed by atoms with van der Waals surface area (Å²) >= 11 is 4.55. The molecular formula is C2H7ClO2. The summed E-state index contributed by atoms with van der Waals surface area (Å²) in [7, 11) is 1.00. The van der Waals surface area contributed by atoms with Crippen molar-refractivity contribution >= 4 is 11.6 Å². The SMILES string of the molecule is CO.OCCl. The smallest absolute Gasteiger partial charge is 0.117 e. The summed E-state index contributed by atoms with van der Waals surface area (Å²) in [5.41, 5.74) is 0. The van der Waals surface area contributed by atoms with Crippen LogP contribution in [-0.4, -0.2) is 23.4 Å². The van der Waals surface area contributed by atoms with Gasteiger partial charge in [-0.3, -0.25) is 0 Å². The lowest BCUT2D eigenvalue weighted by molar-refractivity contribution is 0.370. The van der Waals surface area contributed by atoms with Crippen molar-refractivity contribution in [2.75, 3.05) is 13.2 Å². The van der Waals surface area contributed by atoms with Crippen molar-refractivity contribution in [1.82, 2.24) is 0 Å². The Morgan fingerprint density at radius 1 is 1.60 bits per heavy atom. The van der Waals surface area contributed by atoms with E-state index in [0.29, 0.717) is 0 Å². The summed E-state index contributed by atoms with van der Waals surface area (Å²) in [6.07, 6.45) is 0. The van der Waals surface area contributed by atoms with E-state index in [0.717, 1.165) is 7.11 Å². The van der Waals surface area contributed by atoms with E-state index in [9.17, 15) is 0 Å². The monoisotopic (exact) mass is 98.0 g/mol. The molecule has 2 nitrogen and oxygen atoms in total. The van der Waals surface area contributed by atoms with Gasteiger partial charge in [0, 0.05) is 7.11 Å². The Kier molecular flexibility index (Phi) is 53.1. The lowest BCUT2D eigenvalue weighted by Crippen LogP contribution is -1.49. The highest BCUT2D eigenvalue weighted by Crippen LogP contribution is 1.53. The maximum absolute atomic E-state index is 7.33. The largest absolute Gasteiger partial charge is 0.400 e. The van der Waals surface area contributed by atoms with E-state index in [4.69, 9.17) is 10.2 Å². The minimum atomic E-state index is -0.278. The fourth-order valence-electron chi connectivity index (χ4n) is 0. The lowest BCUT2D eigenvalue weighted by Gasteiger charge is -1.49. The molecule has 0 aromatic rings. The average Bonchev–Trinajstić information content (AvgIpc) is 1.46. The highest BCUT2D eigenvalue weighted by molar-refractivity contribution is 6.16. The molecule has 0 saturated heterocycles. The number of alkyl halides is 1. The van der Waals surface area contributed by atoms with Gasteiger partial charge < -0.3 is 10.2 Å². The van der Waals surface area contributed by atoms with Gasteiger partial charge in [-0.1, -0.05) is 11.6 Å². The van der Waals surface area contributed by atoms with E-state index in [2.05, 4.69) is 11.6 Å². The summed E-state index contributed by atoms with van der Waals surface area (Å²) in [6.45, 7) is 0. The molecule has 0 atom stereocenters. The molecule has 5 heavy (non-hydrogen) atoms. The molecule has 0 aliphatic heterocycles. The van der Waals surface area contributed by atoms with Crippen LogP contribution in [0.4, 0.5) is 0 Å². The highest BCUT2D eigenvalue weighted by atomic mass is 35.5. The number of hydrogen-bond donors (Lipinski definition) is 2. The van der Waals surface area contributed by atoms with Crippen LogP contribution in [0.3, 0.4) is 0 Å². The fourth-order valence-corrected chi connectivity index (χ4v) is 0. The van der Waals surface area contributed by atoms with Crippen LogP contribution in [0.1, 0.15) is 0 Å². The van der Waals surface area contributed by atoms with E-state index in [-0.39, 0.29) is 6.07 Å². The third kappa shape index (κ3) is 466. The van der Waals surface area contributed by atoms with Crippen molar-refractivity contribution in [2.24, 2.45) is 0 Å². The summed E-state index contributed by atoms with van der Waals surface area (Å²) in [4.78, 5) is 0. The predicted molar refractivity (Wildman–Crippen MR) is 21.1 cm³/mol. The Hall–Kier alpha value is 0.210. The van der Waals surface area contributed by atoms with Crippen LogP contribution in [-0.2, 0) is 0 Å². The van der Waals surface area contributed by atoms with Crippen molar-refractivity contribution < 1.29 is 10.2 Å². The number of hydrogen-bond acceptors (Lipinski definition) is 2. The van der Waals surface area contributed by atoms with Crippen LogP contribution >= 0.6 is 11.6 Å². The van der Waals surface area contributed by atoms with Gasteiger partial charge in [-0.25, -0.2) is 0 Å². The molecule has 0 radical (unpaired) electrons. The molecule has 0 aromatic carbocycles. The molecule has 2 N–H and O–H groups in total. The van der Waals surface area contributed by atoms with Crippen LogP contribution in [0, 0.1) is 0 Å². The molecular weight excluding hydrogens is 91.5 g/mol. The van der Waals surface area contributed by atoms with Crippen LogP contribution < -0.4 is 0 Å². The lowest BCUT2D eigenvalue weighted by atomic mass is 11.7. The molecule has 0 heterocycles. The van der Waals surface area contributed by atoms with E-state index in [1.54, 1.807) is 0 Å². The van der Waals surface area contributed by atoms with Crippen LogP contribution in [0.5, 0.6) is 0 Å². The molecule has 0 unspecified atom stereocenters. The molecule has 0 aliphatic rings. The van der Waals surface area contributed by atoms with Gasteiger partial charge >= 0.3 is 0 Å². The Labute approximate surface area is 36.0 Å². The predicted octanol–water partition coefficient (Wildman–Crippen LogP) is -0.217. The molecule has 0 amide bonds. The van der Waals surface area contributed by atoms with Gasteiger partial charge in [0.2, 0.25) is 0 Å². The Morgan fingerprint density at radius 2 is 1.60 bits per heavy atom. The van der Waals surface area contributed by atoms with Gasteiger partial charge in [0.25, 0.3) is 0 Å². The maximum atomic E-state index is 7.33. The van der Waals surface area contributed by atoms with Crippen LogP contribution in [0.2, 0.25) is 0 Å². The normalized spacial score (nSPS) is 4.80. The summed E-state index contributed by atoms with van der Waals surface area (Å²) in [5, 5.41) is 14.3. The van der Waals surface area contributed by atoms with E-state index >= 15 is 0 Å². The summed E-state index contributed by atoms with van der Waals surface area (Å²) in [6, 6.07) is -0.278. The second kappa shape index (κ2) is 29.6. The topological polar surface area (TPSA) is 40.5 Å². The first-order chi connectivity index (χ1) is 2.41. The van der Waals surface area contributed by atoms with Crippen LogP contribution in [0.25, 0.3) is 0 Å². The van der Waals surface area contributed by atoms with E-state index in [1.165, 1.54) is 0 Å². The van der Waals surface area contributed by atoms with Gasteiger partial charge in [0.05, 0.1) is 0 Å². The molecule has 3 heteroatoms. The third-order valence-corrected chi connectivity index (χ3v) is 0. The zero-order valence-corrected chi connectivity index (χ0v) is 3.74. The van der Waals surface area contributed by atoms with Crippen molar-refractivity contribution in [3.63, 3.8) is 0 Å². The van der Waals surface area contributed by atoms with Gasteiger partial charge in [-0.2, -0.15) is 0 Å². The highest BCUT2D eigenvalue weighted by Gasteiger charge is 1.37. The summed E-state index contributed by atoms with van der Waals surface area (Å²) in [5.74, 6) is 0. The molecule has 0 saturated carbocycles. The molecule has 0 fully saturated rings. The van der Waals surface area contributed by atoms with Gasteiger partial charge in [-0.05, 0) is 0 Å². The van der Waals surface area contributed by atoms with Crippen molar-refractivity contribution in [3.8, 4) is 0 Å². The molecule has 0 spiro atoms. The van der Waals surface area contributed by atoms with E-state index in [1.807, 2.05) is 0 Å². The van der Waals surface area contributed by atoms with Crippen molar-refractivity contribution in [2.45, 2.75) is 0 Å². The van der Waals surface area contributed by atoms with E-state index < -0.39 is 0 Å².